The molecule has 0 aliphatic heterocycles. The Hall–Kier alpha value is -0.630. The molecule has 1 unspecified atom stereocenters. The molecule has 1 fully saturated rings. The summed E-state index contributed by atoms with van der Waals surface area (Å²) >= 11 is 0. The summed E-state index contributed by atoms with van der Waals surface area (Å²) in [5, 5.41) is 0. The zero-order valence-corrected chi connectivity index (χ0v) is 7.31. The molecule has 0 aromatic rings. The molecule has 0 N–H and O–H groups in total. The molecule has 0 saturated heterocycles. The molecule has 0 radical (unpaired) electrons. The molecule has 1 rings (SSSR count). The first kappa shape index (κ1) is 8.47. The van der Waals surface area contributed by atoms with Gasteiger partial charge in [-0.1, -0.05) is 6.58 Å². The van der Waals surface area contributed by atoms with Crippen molar-refractivity contribution in [2.45, 2.75) is 26.9 Å². The Morgan fingerprint density at radius 3 is 2.55 bits per heavy atom. The van der Waals surface area contributed by atoms with E-state index in [-0.39, 0.29) is 17.3 Å². The molecule has 0 heterocycles. The molecule has 11 heavy (non-hydrogen) atoms. The molecule has 1 aliphatic carbocycles. The highest BCUT2D eigenvalue weighted by Gasteiger charge is 2.51. The third-order valence-corrected chi connectivity index (χ3v) is 2.18. The van der Waals surface area contributed by atoms with E-state index in [2.05, 4.69) is 6.58 Å². The molecular formula is C9H14O2. The van der Waals surface area contributed by atoms with E-state index in [1.54, 1.807) is 0 Å². The van der Waals surface area contributed by atoms with Crippen LogP contribution in [0.5, 0.6) is 0 Å². The van der Waals surface area contributed by atoms with E-state index >= 15 is 0 Å². The molecule has 2 heteroatoms. The predicted octanol–water partition coefficient (Wildman–Crippen LogP) is 1.56. The van der Waals surface area contributed by atoms with E-state index in [0.29, 0.717) is 12.2 Å². The van der Waals surface area contributed by atoms with Crippen LogP contribution in [0, 0.1) is 5.41 Å². The maximum absolute atomic E-state index is 11.2. The zero-order valence-electron chi connectivity index (χ0n) is 7.31. The number of carbonyl (C=O) groups is 1. The molecule has 1 aliphatic rings. The van der Waals surface area contributed by atoms with Gasteiger partial charge >= 0.3 is 0 Å². The van der Waals surface area contributed by atoms with Crippen LogP contribution < -0.4 is 0 Å². The Bertz CT molecular complexity index is 204. The van der Waals surface area contributed by atoms with Gasteiger partial charge in [-0.25, -0.2) is 0 Å². The van der Waals surface area contributed by atoms with Crippen molar-refractivity contribution in [2.75, 3.05) is 6.61 Å². The lowest BCUT2D eigenvalue weighted by Gasteiger charge is -2.43. The number of rotatable bonds is 2. The smallest absolute Gasteiger partial charge is 0.169 e. The fourth-order valence-corrected chi connectivity index (χ4v) is 1.49. The highest BCUT2D eigenvalue weighted by atomic mass is 16.5. The SMILES string of the molecule is C=C1C(=O)C(C)(C)C1OCC. The first-order chi connectivity index (χ1) is 5.01. The van der Waals surface area contributed by atoms with Crippen LogP contribution >= 0.6 is 0 Å². The number of carbonyl (C=O) groups excluding carboxylic acids is 1. The number of hydrogen-bond acceptors (Lipinski definition) is 2. The molecule has 0 bridgehead atoms. The second kappa shape index (κ2) is 2.45. The van der Waals surface area contributed by atoms with E-state index in [4.69, 9.17) is 4.74 Å². The van der Waals surface area contributed by atoms with Crippen LogP contribution in [0.25, 0.3) is 0 Å². The average molecular weight is 154 g/mol. The van der Waals surface area contributed by atoms with Gasteiger partial charge in [0, 0.05) is 12.2 Å². The van der Waals surface area contributed by atoms with Gasteiger partial charge in [0.25, 0.3) is 0 Å². The molecule has 1 atom stereocenters. The normalized spacial score (nSPS) is 28.5. The van der Waals surface area contributed by atoms with Crippen LogP contribution in [0.1, 0.15) is 20.8 Å². The lowest BCUT2D eigenvalue weighted by atomic mass is 9.65. The third kappa shape index (κ3) is 1.02. The highest BCUT2D eigenvalue weighted by Crippen LogP contribution is 2.42. The number of hydrogen-bond donors (Lipinski definition) is 0. The second-order valence-electron chi connectivity index (χ2n) is 3.41. The topological polar surface area (TPSA) is 26.3 Å². The molecule has 0 aromatic heterocycles. The summed E-state index contributed by atoms with van der Waals surface area (Å²) in [5.41, 5.74) is 0.282. The first-order valence-corrected chi connectivity index (χ1v) is 3.87. The monoisotopic (exact) mass is 154 g/mol. The van der Waals surface area contributed by atoms with Crippen LogP contribution in [0.15, 0.2) is 12.2 Å². The van der Waals surface area contributed by atoms with Crippen LogP contribution in [0.3, 0.4) is 0 Å². The van der Waals surface area contributed by atoms with E-state index < -0.39 is 0 Å². The molecule has 1 saturated carbocycles. The minimum Gasteiger partial charge on any atom is -0.373 e. The minimum atomic E-state index is -0.340. The average Bonchev–Trinajstić information content (AvgIpc) is 1.98. The molecule has 62 valence electrons. The van der Waals surface area contributed by atoms with Gasteiger partial charge in [-0.2, -0.15) is 0 Å². The Morgan fingerprint density at radius 1 is 1.64 bits per heavy atom. The lowest BCUT2D eigenvalue weighted by Crippen LogP contribution is -2.53. The Balaban J connectivity index is 2.69. The first-order valence-electron chi connectivity index (χ1n) is 3.87. The Labute approximate surface area is 67.2 Å². The quantitative estimate of drug-likeness (QED) is 0.564. The predicted molar refractivity (Wildman–Crippen MR) is 43.3 cm³/mol. The van der Waals surface area contributed by atoms with Crippen molar-refractivity contribution in [3.63, 3.8) is 0 Å². The maximum Gasteiger partial charge on any atom is 0.169 e. The summed E-state index contributed by atoms with van der Waals surface area (Å²) in [4.78, 5) is 11.2. The Morgan fingerprint density at radius 2 is 2.18 bits per heavy atom. The highest BCUT2D eigenvalue weighted by molar-refractivity contribution is 6.07. The van der Waals surface area contributed by atoms with E-state index in [1.165, 1.54) is 0 Å². The third-order valence-electron chi connectivity index (χ3n) is 2.18. The van der Waals surface area contributed by atoms with Crippen LogP contribution in [-0.4, -0.2) is 18.5 Å². The van der Waals surface area contributed by atoms with Gasteiger partial charge in [0.15, 0.2) is 5.78 Å². The fraction of sp³-hybridized carbons (Fsp3) is 0.667. The summed E-state index contributed by atoms with van der Waals surface area (Å²) in [6, 6.07) is 0. The van der Waals surface area contributed by atoms with E-state index in [9.17, 15) is 4.79 Å². The van der Waals surface area contributed by atoms with Gasteiger partial charge in [0.05, 0.1) is 11.5 Å². The molecule has 0 spiro atoms. The van der Waals surface area contributed by atoms with Gasteiger partial charge < -0.3 is 4.74 Å². The summed E-state index contributed by atoms with van der Waals surface area (Å²) in [7, 11) is 0. The van der Waals surface area contributed by atoms with Crippen LogP contribution in [-0.2, 0) is 9.53 Å². The van der Waals surface area contributed by atoms with Gasteiger partial charge in [0.2, 0.25) is 0 Å². The summed E-state index contributed by atoms with van der Waals surface area (Å²) < 4.78 is 5.36. The number of ketones is 1. The van der Waals surface area contributed by atoms with Crippen molar-refractivity contribution >= 4 is 5.78 Å². The van der Waals surface area contributed by atoms with Crippen LogP contribution in [0.4, 0.5) is 0 Å². The molecular weight excluding hydrogens is 140 g/mol. The number of Topliss-reactive ketones (excluding diaryl/α,β-unsaturated/α-hetero) is 1. The van der Waals surface area contributed by atoms with Gasteiger partial charge in [-0.15, -0.1) is 0 Å². The van der Waals surface area contributed by atoms with Crippen molar-refractivity contribution in [2.24, 2.45) is 5.41 Å². The summed E-state index contributed by atoms with van der Waals surface area (Å²) in [6.45, 7) is 10.0. The van der Waals surface area contributed by atoms with Crippen molar-refractivity contribution < 1.29 is 9.53 Å². The van der Waals surface area contributed by atoms with Crippen LogP contribution in [0.2, 0.25) is 0 Å². The largest absolute Gasteiger partial charge is 0.373 e. The van der Waals surface area contributed by atoms with Crippen molar-refractivity contribution in [1.29, 1.82) is 0 Å². The summed E-state index contributed by atoms with van der Waals surface area (Å²) in [5.74, 6) is 0.135. The van der Waals surface area contributed by atoms with Gasteiger partial charge in [-0.3, -0.25) is 4.79 Å². The molecule has 0 amide bonds. The second-order valence-corrected chi connectivity index (χ2v) is 3.41. The molecule has 0 aromatic carbocycles. The molecule has 2 nitrogen and oxygen atoms in total. The zero-order chi connectivity index (χ0) is 8.65. The number of ether oxygens (including phenoxy) is 1. The van der Waals surface area contributed by atoms with Crippen molar-refractivity contribution in [3.8, 4) is 0 Å². The van der Waals surface area contributed by atoms with E-state index in [1.807, 2.05) is 20.8 Å². The van der Waals surface area contributed by atoms with E-state index in [0.717, 1.165) is 0 Å². The van der Waals surface area contributed by atoms with Gasteiger partial charge in [-0.05, 0) is 20.8 Å². The van der Waals surface area contributed by atoms with Crippen molar-refractivity contribution in [3.05, 3.63) is 12.2 Å². The van der Waals surface area contributed by atoms with Gasteiger partial charge in [0.1, 0.15) is 0 Å². The lowest BCUT2D eigenvalue weighted by molar-refractivity contribution is -0.143. The minimum absolute atomic E-state index is 0.0556. The Kier molecular flexibility index (Phi) is 1.89. The summed E-state index contributed by atoms with van der Waals surface area (Å²) in [6.07, 6.45) is -0.0556. The standard InChI is InChI=1S/C9H14O2/c1-5-11-8-6(2)7(10)9(8,3)4/h8H,2,5H2,1,3-4H3. The maximum atomic E-state index is 11.2. The fourth-order valence-electron chi connectivity index (χ4n) is 1.49. The van der Waals surface area contributed by atoms with Crippen molar-refractivity contribution in [1.82, 2.24) is 0 Å².